The summed E-state index contributed by atoms with van der Waals surface area (Å²) in [5, 5.41) is 0. The monoisotopic (exact) mass is 557 g/mol. The van der Waals surface area contributed by atoms with Crippen molar-refractivity contribution >= 4 is 5.69 Å². The highest BCUT2D eigenvalue weighted by Gasteiger charge is 2.51. The van der Waals surface area contributed by atoms with Crippen LogP contribution in [0.2, 0.25) is 0 Å². The van der Waals surface area contributed by atoms with Crippen LogP contribution in [0.15, 0.2) is 145 Å². The second-order valence-corrected chi connectivity index (χ2v) is 11.8. The van der Waals surface area contributed by atoms with Crippen LogP contribution in [0.25, 0.3) is 11.1 Å². The fraction of sp³-hybridized carbons (Fsp3) is 0.171. The van der Waals surface area contributed by atoms with Crippen molar-refractivity contribution in [2.24, 2.45) is 0 Å². The van der Waals surface area contributed by atoms with Gasteiger partial charge in [0.15, 0.2) is 0 Å². The topological polar surface area (TPSA) is 12.5 Å². The van der Waals surface area contributed by atoms with Gasteiger partial charge in [-0.15, -0.1) is 0 Å². The van der Waals surface area contributed by atoms with E-state index in [0.29, 0.717) is 0 Å². The smallest absolute Gasteiger partial charge is 0.240 e. The Morgan fingerprint density at radius 1 is 0.581 bits per heavy atom. The second-order valence-electron chi connectivity index (χ2n) is 11.8. The molecule has 4 bridgehead atoms. The average molecular weight is 558 g/mol. The van der Waals surface area contributed by atoms with Gasteiger partial charge in [0, 0.05) is 22.4 Å². The summed E-state index contributed by atoms with van der Waals surface area (Å²) in [5.41, 5.74) is 11.9. The number of rotatable bonds is 4. The molecular formula is C41H35NO. The van der Waals surface area contributed by atoms with E-state index in [0.717, 1.165) is 49.8 Å². The third-order valence-electron chi connectivity index (χ3n) is 9.24. The van der Waals surface area contributed by atoms with E-state index in [1.807, 2.05) is 0 Å². The molecule has 0 saturated carbocycles. The number of allylic oxidation sites excluding steroid dienone is 3. The number of benzene rings is 5. The van der Waals surface area contributed by atoms with Gasteiger partial charge in [-0.1, -0.05) is 115 Å². The lowest BCUT2D eigenvalue weighted by Gasteiger charge is -2.51. The number of para-hydroxylation sites is 2. The highest BCUT2D eigenvalue weighted by Crippen LogP contribution is 2.56. The highest BCUT2D eigenvalue weighted by molar-refractivity contribution is 5.91. The van der Waals surface area contributed by atoms with Crippen LogP contribution in [0.3, 0.4) is 0 Å². The van der Waals surface area contributed by atoms with E-state index in [1.54, 1.807) is 0 Å². The molecule has 0 spiro atoms. The summed E-state index contributed by atoms with van der Waals surface area (Å²) in [7, 11) is 0. The van der Waals surface area contributed by atoms with Crippen LogP contribution in [-0.2, 0) is 31.4 Å². The molecule has 11 rings (SSSR count). The molecule has 5 aromatic rings. The molecule has 0 aromatic heterocycles. The molecule has 0 fully saturated rings. The average Bonchev–Trinajstić information content (AvgIpc) is 3.07. The Morgan fingerprint density at radius 2 is 1.23 bits per heavy atom. The van der Waals surface area contributed by atoms with Gasteiger partial charge in [0.05, 0.1) is 5.69 Å². The number of aryl methyl sites for hydroxylation is 4. The first kappa shape index (κ1) is 25.9. The van der Waals surface area contributed by atoms with Gasteiger partial charge in [0.2, 0.25) is 5.72 Å². The zero-order valence-corrected chi connectivity index (χ0v) is 24.4. The normalized spacial score (nSPS) is 18.7. The Morgan fingerprint density at radius 3 is 1.95 bits per heavy atom. The van der Waals surface area contributed by atoms with Gasteiger partial charge in [0.1, 0.15) is 5.75 Å². The largest absolute Gasteiger partial charge is 0.459 e. The van der Waals surface area contributed by atoms with Crippen LogP contribution in [-0.4, -0.2) is 0 Å². The predicted molar refractivity (Wildman–Crippen MR) is 176 cm³/mol. The first-order chi connectivity index (χ1) is 21.3. The van der Waals surface area contributed by atoms with Gasteiger partial charge >= 0.3 is 0 Å². The summed E-state index contributed by atoms with van der Waals surface area (Å²) in [6, 6.07) is 44.3. The fourth-order valence-electron chi connectivity index (χ4n) is 7.23. The van der Waals surface area contributed by atoms with Gasteiger partial charge < -0.3 is 4.74 Å². The van der Waals surface area contributed by atoms with E-state index in [-0.39, 0.29) is 0 Å². The standard InChI is InChI=1S/C41H35NO/c1-4-12-34(13-5-1)41(43-36-16-8-3-9-17-36)40-33-27-25-31-22-20-30(21-23-31)24-26-32(28-29-33)39(40)37-18-10-11-19-38(37)42(41)35-14-6-2-7-15-35/h1,3-6,8-23,28-29H,2,7,24-27H2. The molecule has 0 saturated heterocycles. The molecule has 6 aliphatic rings. The Bertz CT molecular complexity index is 1830. The molecule has 43 heavy (non-hydrogen) atoms. The van der Waals surface area contributed by atoms with Crippen molar-refractivity contribution in [3.8, 4) is 16.9 Å². The number of hydrogen-bond acceptors (Lipinski definition) is 2. The number of hydrogen-bond donors (Lipinski definition) is 0. The van der Waals surface area contributed by atoms with Crippen LogP contribution in [0.4, 0.5) is 5.69 Å². The van der Waals surface area contributed by atoms with Gasteiger partial charge in [0.25, 0.3) is 0 Å². The molecular weight excluding hydrogens is 522 g/mol. The van der Waals surface area contributed by atoms with Crippen molar-refractivity contribution in [1.29, 1.82) is 0 Å². The SMILES string of the molecule is C1=CC(N2c3ccccc3-c3c4ccc(c3C2(Oc2ccccc2)c2ccccc2)CCc2ccc(cc2)CC4)=CCC1. The van der Waals surface area contributed by atoms with E-state index < -0.39 is 5.72 Å². The third kappa shape index (κ3) is 4.41. The first-order valence-electron chi connectivity index (χ1n) is 15.6. The van der Waals surface area contributed by atoms with E-state index >= 15 is 0 Å². The second kappa shape index (κ2) is 10.8. The minimum Gasteiger partial charge on any atom is -0.459 e. The minimum atomic E-state index is -0.919. The molecule has 1 atom stereocenters. The van der Waals surface area contributed by atoms with Crippen LogP contribution in [0.1, 0.15) is 46.2 Å². The molecule has 5 aliphatic carbocycles. The Hall–Kier alpha value is -4.82. The maximum absolute atomic E-state index is 7.55. The highest BCUT2D eigenvalue weighted by atomic mass is 16.5. The minimum absolute atomic E-state index is 0.856. The summed E-state index contributed by atoms with van der Waals surface area (Å²) in [6.45, 7) is 0. The Balaban J connectivity index is 1.50. The molecule has 5 aromatic carbocycles. The van der Waals surface area contributed by atoms with E-state index in [1.165, 1.54) is 50.3 Å². The molecule has 0 amide bonds. The molecule has 1 heterocycles. The molecule has 2 heteroatoms. The first-order valence-corrected chi connectivity index (χ1v) is 15.6. The van der Waals surface area contributed by atoms with Crippen molar-refractivity contribution in [3.05, 3.63) is 179 Å². The zero-order chi connectivity index (χ0) is 28.6. The van der Waals surface area contributed by atoms with Gasteiger partial charge in [-0.25, -0.2) is 0 Å². The summed E-state index contributed by atoms with van der Waals surface area (Å²) >= 11 is 0. The molecule has 2 nitrogen and oxygen atoms in total. The number of fused-ring (bicyclic) bond motifs is 1. The maximum atomic E-state index is 7.55. The lowest BCUT2D eigenvalue weighted by atomic mass is 9.75. The van der Waals surface area contributed by atoms with Crippen molar-refractivity contribution in [2.75, 3.05) is 4.90 Å². The summed E-state index contributed by atoms with van der Waals surface area (Å²) in [4.78, 5) is 2.50. The molecule has 0 radical (unpaired) electrons. The van der Waals surface area contributed by atoms with Gasteiger partial charge in [-0.3, -0.25) is 4.90 Å². The molecule has 1 aliphatic heterocycles. The van der Waals surface area contributed by atoms with Crippen molar-refractivity contribution in [3.63, 3.8) is 0 Å². The van der Waals surface area contributed by atoms with E-state index in [9.17, 15) is 0 Å². The summed E-state index contributed by atoms with van der Waals surface area (Å²) in [6.07, 6.45) is 12.9. The van der Waals surface area contributed by atoms with E-state index in [2.05, 4.69) is 144 Å². The predicted octanol–water partition coefficient (Wildman–Crippen LogP) is 9.57. The van der Waals surface area contributed by atoms with Gasteiger partial charge in [-0.05, 0) is 90.6 Å². The van der Waals surface area contributed by atoms with Crippen molar-refractivity contribution in [1.82, 2.24) is 0 Å². The van der Waals surface area contributed by atoms with Crippen molar-refractivity contribution in [2.45, 2.75) is 44.2 Å². The molecule has 0 N–H and O–H groups in total. The quantitative estimate of drug-likeness (QED) is 0.218. The molecule has 210 valence electrons. The van der Waals surface area contributed by atoms with Crippen LogP contribution >= 0.6 is 0 Å². The van der Waals surface area contributed by atoms with Crippen LogP contribution in [0, 0.1) is 0 Å². The lowest BCUT2D eigenvalue weighted by Crippen LogP contribution is -2.54. The third-order valence-corrected chi connectivity index (χ3v) is 9.24. The van der Waals surface area contributed by atoms with Crippen LogP contribution < -0.4 is 9.64 Å². The Kier molecular flexibility index (Phi) is 6.48. The maximum Gasteiger partial charge on any atom is 0.240 e. The van der Waals surface area contributed by atoms with Crippen molar-refractivity contribution < 1.29 is 4.74 Å². The number of ether oxygens (including phenoxy) is 1. The van der Waals surface area contributed by atoms with Crippen LogP contribution in [0.5, 0.6) is 5.75 Å². The lowest BCUT2D eigenvalue weighted by molar-refractivity contribution is 0.112. The summed E-state index contributed by atoms with van der Waals surface area (Å²) in [5.74, 6) is 0.856. The molecule has 1 unspecified atom stereocenters. The zero-order valence-electron chi connectivity index (χ0n) is 24.4. The van der Waals surface area contributed by atoms with Gasteiger partial charge in [-0.2, -0.15) is 0 Å². The number of nitrogens with zero attached hydrogens (tertiary/aromatic N) is 1. The van der Waals surface area contributed by atoms with E-state index in [4.69, 9.17) is 4.74 Å². The fourth-order valence-corrected chi connectivity index (χ4v) is 7.23. The Labute approximate surface area is 254 Å². The summed E-state index contributed by atoms with van der Waals surface area (Å²) < 4.78 is 7.55. The number of anilines is 1.